The SMILES string of the molecule is C=Nc1ccc(C(=O)O)cc1N=C(C)OC. The molecule has 0 heterocycles. The largest absolute Gasteiger partial charge is 0.484 e. The van der Waals surface area contributed by atoms with E-state index in [1.807, 2.05) is 0 Å². The number of carboxylic acid groups (broad SMARTS) is 1. The lowest BCUT2D eigenvalue weighted by molar-refractivity contribution is 0.0697. The van der Waals surface area contributed by atoms with Crippen LogP contribution in [0.4, 0.5) is 11.4 Å². The number of nitrogens with zero attached hydrogens (tertiary/aromatic N) is 2. The van der Waals surface area contributed by atoms with Crippen molar-refractivity contribution in [3.8, 4) is 0 Å². The van der Waals surface area contributed by atoms with Crippen LogP contribution in [0.1, 0.15) is 17.3 Å². The zero-order valence-corrected chi connectivity index (χ0v) is 9.10. The first-order chi connectivity index (χ1) is 7.58. The normalized spacial score (nSPS) is 11.0. The van der Waals surface area contributed by atoms with E-state index in [4.69, 9.17) is 9.84 Å². The van der Waals surface area contributed by atoms with Gasteiger partial charge < -0.3 is 9.84 Å². The van der Waals surface area contributed by atoms with E-state index >= 15 is 0 Å². The molecule has 0 bridgehead atoms. The van der Waals surface area contributed by atoms with Gasteiger partial charge in [-0.1, -0.05) is 0 Å². The molecule has 0 unspecified atom stereocenters. The van der Waals surface area contributed by atoms with E-state index in [2.05, 4.69) is 16.7 Å². The van der Waals surface area contributed by atoms with Crippen LogP contribution >= 0.6 is 0 Å². The van der Waals surface area contributed by atoms with E-state index in [-0.39, 0.29) is 5.56 Å². The van der Waals surface area contributed by atoms with Crippen LogP contribution in [0, 0.1) is 0 Å². The minimum absolute atomic E-state index is 0.148. The highest BCUT2D eigenvalue weighted by Gasteiger charge is 2.07. The Kier molecular flexibility index (Phi) is 3.77. The van der Waals surface area contributed by atoms with Gasteiger partial charge in [0.1, 0.15) is 0 Å². The summed E-state index contributed by atoms with van der Waals surface area (Å²) < 4.78 is 4.89. The molecule has 1 rings (SSSR count). The maximum Gasteiger partial charge on any atom is 0.335 e. The standard InChI is InChI=1S/C11H12N2O3/c1-7(16-3)13-10-6-8(11(14)15)4-5-9(10)12-2/h4-6H,2H2,1,3H3,(H,14,15). The monoisotopic (exact) mass is 220 g/mol. The summed E-state index contributed by atoms with van der Waals surface area (Å²) in [6.45, 7) is 5.06. The molecule has 1 aromatic rings. The maximum absolute atomic E-state index is 10.8. The van der Waals surface area contributed by atoms with Crippen molar-refractivity contribution in [1.82, 2.24) is 0 Å². The van der Waals surface area contributed by atoms with Crippen LogP contribution < -0.4 is 0 Å². The maximum atomic E-state index is 10.8. The highest BCUT2D eigenvalue weighted by molar-refractivity contribution is 5.91. The Balaban J connectivity index is 3.27. The molecular formula is C11H12N2O3. The Labute approximate surface area is 93.1 Å². The van der Waals surface area contributed by atoms with Crippen molar-refractivity contribution in [2.24, 2.45) is 9.98 Å². The number of carbonyl (C=O) groups is 1. The molecule has 5 heteroatoms. The van der Waals surface area contributed by atoms with Crippen molar-refractivity contribution in [1.29, 1.82) is 0 Å². The molecule has 1 N–H and O–H groups in total. The van der Waals surface area contributed by atoms with Crippen molar-refractivity contribution < 1.29 is 14.6 Å². The van der Waals surface area contributed by atoms with Gasteiger partial charge in [-0.2, -0.15) is 0 Å². The second kappa shape index (κ2) is 5.06. The lowest BCUT2D eigenvalue weighted by Gasteiger charge is -2.03. The van der Waals surface area contributed by atoms with Crippen molar-refractivity contribution >= 4 is 30.0 Å². The molecule has 0 atom stereocenters. The molecule has 84 valence electrons. The minimum atomic E-state index is -1.01. The lowest BCUT2D eigenvalue weighted by atomic mass is 10.2. The van der Waals surface area contributed by atoms with Gasteiger partial charge in [-0.3, -0.25) is 4.99 Å². The molecule has 0 fully saturated rings. The molecule has 0 radical (unpaired) electrons. The molecule has 0 aliphatic rings. The molecule has 0 spiro atoms. The van der Waals surface area contributed by atoms with E-state index in [9.17, 15) is 4.79 Å². The Morgan fingerprint density at radius 2 is 2.12 bits per heavy atom. The summed E-state index contributed by atoms with van der Waals surface area (Å²) in [7, 11) is 1.49. The van der Waals surface area contributed by atoms with E-state index in [0.29, 0.717) is 17.3 Å². The van der Waals surface area contributed by atoms with E-state index in [1.54, 1.807) is 13.0 Å². The number of aliphatic imine (C=N–C) groups is 2. The van der Waals surface area contributed by atoms with Crippen molar-refractivity contribution in [3.05, 3.63) is 23.8 Å². The molecule has 0 aliphatic heterocycles. The van der Waals surface area contributed by atoms with Crippen molar-refractivity contribution in [2.45, 2.75) is 6.92 Å². The number of carboxylic acids is 1. The van der Waals surface area contributed by atoms with Gasteiger partial charge in [0.25, 0.3) is 0 Å². The fraction of sp³-hybridized carbons (Fsp3) is 0.182. The third kappa shape index (κ3) is 2.66. The first kappa shape index (κ1) is 11.9. The van der Waals surface area contributed by atoms with E-state index in [1.165, 1.54) is 19.2 Å². The van der Waals surface area contributed by atoms with Gasteiger partial charge in [0.2, 0.25) is 0 Å². The number of rotatable bonds is 3. The summed E-state index contributed by atoms with van der Waals surface area (Å²) in [5.41, 5.74) is 1.09. The summed E-state index contributed by atoms with van der Waals surface area (Å²) >= 11 is 0. The van der Waals surface area contributed by atoms with E-state index in [0.717, 1.165) is 0 Å². The van der Waals surface area contributed by atoms with Gasteiger partial charge in [0.15, 0.2) is 5.90 Å². The smallest absolute Gasteiger partial charge is 0.335 e. The predicted molar refractivity (Wildman–Crippen MR) is 62.4 cm³/mol. The summed E-state index contributed by atoms with van der Waals surface area (Å²) in [6.07, 6.45) is 0. The molecule has 0 saturated carbocycles. The average molecular weight is 220 g/mol. The van der Waals surface area contributed by atoms with Crippen LogP contribution in [0.5, 0.6) is 0 Å². The number of ether oxygens (including phenoxy) is 1. The van der Waals surface area contributed by atoms with Crippen LogP contribution in [-0.4, -0.2) is 30.8 Å². The molecule has 0 aromatic heterocycles. The molecular weight excluding hydrogens is 208 g/mol. The Morgan fingerprint density at radius 1 is 1.44 bits per heavy atom. The third-order valence-corrected chi connectivity index (χ3v) is 1.97. The number of methoxy groups -OCH3 is 1. The molecule has 0 saturated heterocycles. The first-order valence-corrected chi connectivity index (χ1v) is 4.52. The van der Waals surface area contributed by atoms with Gasteiger partial charge in [-0.15, -0.1) is 0 Å². The minimum Gasteiger partial charge on any atom is -0.484 e. The predicted octanol–water partition coefficient (Wildman–Crippen LogP) is 2.41. The van der Waals surface area contributed by atoms with Gasteiger partial charge >= 0.3 is 5.97 Å². The van der Waals surface area contributed by atoms with Gasteiger partial charge in [0.05, 0.1) is 24.0 Å². The van der Waals surface area contributed by atoms with Gasteiger partial charge in [-0.25, -0.2) is 9.79 Å². The van der Waals surface area contributed by atoms with Crippen LogP contribution in [-0.2, 0) is 4.74 Å². The zero-order valence-electron chi connectivity index (χ0n) is 9.10. The highest BCUT2D eigenvalue weighted by Crippen LogP contribution is 2.28. The summed E-state index contributed by atoms with van der Waals surface area (Å²) in [5, 5.41) is 8.84. The van der Waals surface area contributed by atoms with Crippen molar-refractivity contribution in [3.63, 3.8) is 0 Å². The Bertz CT molecular complexity index is 453. The lowest BCUT2D eigenvalue weighted by Crippen LogP contribution is -1.96. The summed E-state index contributed by atoms with van der Waals surface area (Å²) in [4.78, 5) is 18.6. The highest BCUT2D eigenvalue weighted by atomic mass is 16.5. The first-order valence-electron chi connectivity index (χ1n) is 4.52. The molecule has 16 heavy (non-hydrogen) atoms. The number of hydrogen-bond donors (Lipinski definition) is 1. The van der Waals surface area contributed by atoms with Crippen LogP contribution in [0.25, 0.3) is 0 Å². The average Bonchev–Trinajstić information content (AvgIpc) is 2.28. The second-order valence-corrected chi connectivity index (χ2v) is 3.00. The van der Waals surface area contributed by atoms with Crippen molar-refractivity contribution in [2.75, 3.05) is 7.11 Å². The summed E-state index contributed by atoms with van der Waals surface area (Å²) in [6, 6.07) is 4.43. The molecule has 0 aliphatic carbocycles. The van der Waals surface area contributed by atoms with Gasteiger partial charge in [0, 0.05) is 6.92 Å². The zero-order chi connectivity index (χ0) is 12.1. The Morgan fingerprint density at radius 3 is 2.62 bits per heavy atom. The molecule has 5 nitrogen and oxygen atoms in total. The topological polar surface area (TPSA) is 71.2 Å². The second-order valence-electron chi connectivity index (χ2n) is 3.00. The third-order valence-electron chi connectivity index (χ3n) is 1.97. The molecule has 1 aromatic carbocycles. The Hall–Kier alpha value is -2.17. The summed E-state index contributed by atoms with van der Waals surface area (Å²) in [5.74, 6) is -0.588. The number of hydrogen-bond acceptors (Lipinski definition) is 4. The number of benzene rings is 1. The quantitative estimate of drug-likeness (QED) is 0.628. The number of aromatic carboxylic acids is 1. The fourth-order valence-electron chi connectivity index (χ4n) is 1.09. The van der Waals surface area contributed by atoms with Crippen LogP contribution in [0.15, 0.2) is 28.2 Å². The van der Waals surface area contributed by atoms with E-state index < -0.39 is 5.97 Å². The fourth-order valence-corrected chi connectivity index (χ4v) is 1.09. The molecule has 0 amide bonds. The van der Waals surface area contributed by atoms with Crippen LogP contribution in [0.3, 0.4) is 0 Å². The van der Waals surface area contributed by atoms with Gasteiger partial charge in [-0.05, 0) is 24.9 Å². The van der Waals surface area contributed by atoms with Crippen LogP contribution in [0.2, 0.25) is 0 Å².